The first kappa shape index (κ1) is 19.0. The molecular formula is C21H19ClN4O3. The van der Waals surface area contributed by atoms with Crippen molar-refractivity contribution in [1.82, 2.24) is 9.78 Å². The third kappa shape index (κ3) is 3.69. The molecule has 2 amide bonds. The van der Waals surface area contributed by atoms with E-state index in [1.165, 1.54) is 0 Å². The Labute approximate surface area is 172 Å². The Hall–Kier alpha value is -3.32. The molecule has 0 unspecified atom stereocenters. The molecule has 2 aromatic carbocycles. The maximum Gasteiger partial charge on any atom is 0.249 e. The second-order valence-electron chi connectivity index (χ2n) is 6.76. The predicted octanol–water partition coefficient (Wildman–Crippen LogP) is 4.04. The zero-order chi connectivity index (χ0) is 20.5. The molecule has 3 aromatic rings. The lowest BCUT2D eigenvalue weighted by molar-refractivity contribution is -0.125. The van der Waals surface area contributed by atoms with E-state index < -0.39 is 6.04 Å². The van der Waals surface area contributed by atoms with Gasteiger partial charge in [0.1, 0.15) is 17.6 Å². The topological polar surface area (TPSA) is 85.2 Å². The van der Waals surface area contributed by atoms with Gasteiger partial charge >= 0.3 is 0 Å². The summed E-state index contributed by atoms with van der Waals surface area (Å²) in [5, 5.41) is 10.8. The summed E-state index contributed by atoms with van der Waals surface area (Å²) < 4.78 is 6.78. The number of ether oxygens (including phenoxy) is 1. The maximum absolute atomic E-state index is 12.9. The molecule has 148 valence electrons. The van der Waals surface area contributed by atoms with E-state index in [0.29, 0.717) is 22.2 Å². The number of methoxy groups -OCH3 is 1. The van der Waals surface area contributed by atoms with Crippen molar-refractivity contribution in [2.45, 2.75) is 19.4 Å². The molecule has 0 bridgehead atoms. The van der Waals surface area contributed by atoms with Gasteiger partial charge in [0.25, 0.3) is 0 Å². The molecule has 1 aliphatic rings. The monoisotopic (exact) mass is 410 g/mol. The van der Waals surface area contributed by atoms with Gasteiger partial charge in [-0.3, -0.25) is 9.59 Å². The molecular weight excluding hydrogens is 392 g/mol. The van der Waals surface area contributed by atoms with Gasteiger partial charge in [0.05, 0.1) is 19.2 Å². The molecule has 1 atom stereocenters. The van der Waals surface area contributed by atoms with Crippen molar-refractivity contribution in [1.29, 1.82) is 0 Å². The summed E-state index contributed by atoms with van der Waals surface area (Å²) in [6.07, 6.45) is 0.00255. The molecule has 0 saturated carbocycles. The number of carbonyl (C=O) groups excluding carboxylic acids is 2. The largest absolute Gasteiger partial charge is 0.497 e. The number of nitrogens with one attached hydrogen (secondary N) is 2. The number of anilines is 2. The zero-order valence-electron chi connectivity index (χ0n) is 15.9. The highest BCUT2D eigenvalue weighted by molar-refractivity contribution is 6.30. The van der Waals surface area contributed by atoms with E-state index in [1.54, 1.807) is 36.1 Å². The van der Waals surface area contributed by atoms with Gasteiger partial charge in [0.2, 0.25) is 11.8 Å². The average molecular weight is 411 g/mol. The fraction of sp³-hybridized carbons (Fsp3) is 0.190. The first-order valence-electron chi connectivity index (χ1n) is 9.06. The van der Waals surface area contributed by atoms with Crippen LogP contribution in [-0.2, 0) is 9.59 Å². The van der Waals surface area contributed by atoms with Gasteiger partial charge in [-0.25, -0.2) is 4.68 Å². The predicted molar refractivity (Wildman–Crippen MR) is 111 cm³/mol. The van der Waals surface area contributed by atoms with E-state index >= 15 is 0 Å². The molecule has 0 fully saturated rings. The van der Waals surface area contributed by atoms with Crippen LogP contribution >= 0.6 is 11.6 Å². The fourth-order valence-corrected chi connectivity index (χ4v) is 3.55. The van der Waals surface area contributed by atoms with E-state index in [0.717, 1.165) is 16.9 Å². The van der Waals surface area contributed by atoms with E-state index in [-0.39, 0.29) is 18.2 Å². The smallest absolute Gasteiger partial charge is 0.249 e. The molecule has 0 spiro atoms. The number of carbonyl (C=O) groups is 2. The number of halogens is 1. The summed E-state index contributed by atoms with van der Waals surface area (Å²) in [5.41, 5.74) is 2.93. The Kier molecular flexibility index (Phi) is 4.98. The lowest BCUT2D eigenvalue weighted by atomic mass is 10.1. The van der Waals surface area contributed by atoms with Gasteiger partial charge in [-0.05, 0) is 49.4 Å². The second kappa shape index (κ2) is 7.60. The van der Waals surface area contributed by atoms with Crippen molar-refractivity contribution in [2.75, 3.05) is 17.7 Å². The summed E-state index contributed by atoms with van der Waals surface area (Å²) in [7, 11) is 1.61. The van der Waals surface area contributed by atoms with Gasteiger partial charge in [-0.15, -0.1) is 0 Å². The fourth-order valence-electron chi connectivity index (χ4n) is 3.36. The highest BCUT2D eigenvalue weighted by atomic mass is 35.5. The number of amides is 2. The quantitative estimate of drug-likeness (QED) is 0.679. The summed E-state index contributed by atoms with van der Waals surface area (Å²) in [4.78, 5) is 25.2. The van der Waals surface area contributed by atoms with Crippen molar-refractivity contribution >= 4 is 34.9 Å². The van der Waals surface area contributed by atoms with E-state index in [4.69, 9.17) is 16.3 Å². The summed E-state index contributed by atoms with van der Waals surface area (Å²) in [6.45, 7) is 1.87. The summed E-state index contributed by atoms with van der Waals surface area (Å²) >= 11 is 5.99. The van der Waals surface area contributed by atoms with Gasteiger partial charge in [0.15, 0.2) is 0 Å². The molecule has 1 aliphatic heterocycles. The number of nitrogens with zero attached hydrogens (tertiary/aromatic N) is 2. The van der Waals surface area contributed by atoms with Gasteiger partial charge in [-0.1, -0.05) is 17.7 Å². The number of benzene rings is 2. The molecule has 7 nitrogen and oxygen atoms in total. The van der Waals surface area contributed by atoms with E-state index in [2.05, 4.69) is 15.7 Å². The number of hydrogen-bond acceptors (Lipinski definition) is 4. The molecule has 0 radical (unpaired) electrons. The standard InChI is InChI=1S/C21H19ClN4O3/c1-12-19(13-6-8-16(29-2)9-7-13)25-26-17(11-18(27)24-20(12)26)21(28)23-15-5-3-4-14(22)10-15/h3-10,17H,11H2,1-2H3,(H,23,28)(H,24,27)/t17-/m0/s1. The van der Waals surface area contributed by atoms with Crippen molar-refractivity contribution in [3.63, 3.8) is 0 Å². The molecule has 29 heavy (non-hydrogen) atoms. The van der Waals surface area contributed by atoms with Crippen molar-refractivity contribution in [3.05, 3.63) is 59.1 Å². The Morgan fingerprint density at radius 2 is 2.03 bits per heavy atom. The normalized spacial score (nSPS) is 15.4. The van der Waals surface area contributed by atoms with Crippen molar-refractivity contribution in [3.8, 4) is 17.0 Å². The van der Waals surface area contributed by atoms with E-state index in [1.807, 2.05) is 31.2 Å². The Balaban J connectivity index is 1.68. The SMILES string of the molecule is COc1ccc(-c2nn3c(c2C)NC(=O)C[C@H]3C(=O)Nc2cccc(Cl)c2)cc1. The maximum atomic E-state index is 12.9. The molecule has 4 rings (SSSR count). The molecule has 1 aromatic heterocycles. The number of aromatic nitrogens is 2. The number of fused-ring (bicyclic) bond motifs is 1. The van der Waals surface area contributed by atoms with Crippen LogP contribution in [0.1, 0.15) is 18.0 Å². The molecule has 0 saturated heterocycles. The van der Waals surface area contributed by atoms with Gasteiger partial charge in [-0.2, -0.15) is 5.10 Å². The molecule has 2 N–H and O–H groups in total. The van der Waals surface area contributed by atoms with Crippen molar-refractivity contribution < 1.29 is 14.3 Å². The first-order chi connectivity index (χ1) is 14.0. The van der Waals surface area contributed by atoms with Crippen LogP contribution in [0.25, 0.3) is 11.3 Å². The van der Waals surface area contributed by atoms with E-state index in [9.17, 15) is 9.59 Å². The zero-order valence-corrected chi connectivity index (χ0v) is 16.7. The number of hydrogen-bond donors (Lipinski definition) is 2. The van der Waals surface area contributed by atoms with Crippen LogP contribution in [0, 0.1) is 6.92 Å². The Morgan fingerprint density at radius 1 is 1.28 bits per heavy atom. The molecule has 8 heteroatoms. The van der Waals surface area contributed by atoms with Crippen LogP contribution in [0.4, 0.5) is 11.5 Å². The molecule has 2 heterocycles. The van der Waals surface area contributed by atoms with Gasteiger partial charge < -0.3 is 15.4 Å². The Bertz CT molecular complexity index is 1090. The van der Waals surface area contributed by atoms with Gasteiger partial charge in [0, 0.05) is 21.8 Å². The Morgan fingerprint density at radius 3 is 2.72 bits per heavy atom. The minimum absolute atomic E-state index is 0.00255. The molecule has 0 aliphatic carbocycles. The van der Waals surface area contributed by atoms with Crippen LogP contribution in [0.15, 0.2) is 48.5 Å². The highest BCUT2D eigenvalue weighted by Gasteiger charge is 2.34. The van der Waals surface area contributed by atoms with Crippen LogP contribution in [0.3, 0.4) is 0 Å². The average Bonchev–Trinajstić information content (AvgIpc) is 3.04. The van der Waals surface area contributed by atoms with Crippen LogP contribution < -0.4 is 15.4 Å². The van der Waals surface area contributed by atoms with Crippen LogP contribution in [-0.4, -0.2) is 28.7 Å². The highest BCUT2D eigenvalue weighted by Crippen LogP contribution is 2.35. The van der Waals surface area contributed by atoms with Crippen LogP contribution in [0.2, 0.25) is 5.02 Å². The van der Waals surface area contributed by atoms with Crippen LogP contribution in [0.5, 0.6) is 5.75 Å². The summed E-state index contributed by atoms with van der Waals surface area (Å²) in [6, 6.07) is 13.6. The lowest BCUT2D eigenvalue weighted by Crippen LogP contribution is -2.35. The first-order valence-corrected chi connectivity index (χ1v) is 9.44. The summed E-state index contributed by atoms with van der Waals surface area (Å²) in [5.74, 6) is 0.709. The second-order valence-corrected chi connectivity index (χ2v) is 7.20. The number of rotatable bonds is 4. The minimum atomic E-state index is -0.761. The lowest BCUT2D eigenvalue weighted by Gasteiger charge is -2.24. The minimum Gasteiger partial charge on any atom is -0.497 e. The third-order valence-electron chi connectivity index (χ3n) is 4.84. The third-order valence-corrected chi connectivity index (χ3v) is 5.07. The van der Waals surface area contributed by atoms with Crippen molar-refractivity contribution in [2.24, 2.45) is 0 Å².